The normalized spacial score (nSPS) is 11.8. The highest BCUT2D eigenvalue weighted by Gasteiger charge is 2.30. The van der Waals surface area contributed by atoms with Gasteiger partial charge in [0.15, 0.2) is 5.82 Å². The third-order valence-corrected chi connectivity index (χ3v) is 3.84. The second kappa shape index (κ2) is 7.40. The lowest BCUT2D eigenvalue weighted by Gasteiger charge is -2.22. The molecule has 0 radical (unpaired) electrons. The van der Waals surface area contributed by atoms with Gasteiger partial charge in [0.1, 0.15) is 5.02 Å². The zero-order chi connectivity index (χ0) is 18.8. The van der Waals surface area contributed by atoms with Gasteiger partial charge >= 0.3 is 6.18 Å². The molecule has 0 aliphatic heterocycles. The number of alkyl halides is 3. The third kappa shape index (κ3) is 4.49. The average Bonchev–Trinajstić information content (AvgIpc) is 2.54. The molecule has 0 aromatic carbocycles. The number of nitrogens with zero attached hydrogens (tertiary/aromatic N) is 5. The SMILES string of the molecule is CN(C)CCN(C)c1cnn(-c2ccc(C(F)(F)F)cn2)c(=O)c1Cl. The molecule has 0 bridgehead atoms. The molecule has 2 aromatic rings. The van der Waals surface area contributed by atoms with Crippen LogP contribution in [0, 0.1) is 0 Å². The van der Waals surface area contributed by atoms with Gasteiger partial charge in [0.05, 0.1) is 17.4 Å². The van der Waals surface area contributed by atoms with Gasteiger partial charge in [0.2, 0.25) is 0 Å². The Balaban J connectivity index is 2.32. The van der Waals surface area contributed by atoms with E-state index in [9.17, 15) is 18.0 Å². The topological polar surface area (TPSA) is 54.3 Å². The molecule has 136 valence electrons. The minimum absolute atomic E-state index is 0.0394. The summed E-state index contributed by atoms with van der Waals surface area (Å²) in [5, 5.41) is 3.90. The summed E-state index contributed by atoms with van der Waals surface area (Å²) in [6.07, 6.45) is -2.46. The molecule has 0 aliphatic rings. The lowest BCUT2D eigenvalue weighted by atomic mass is 10.3. The van der Waals surface area contributed by atoms with E-state index in [4.69, 9.17) is 11.6 Å². The number of hydrogen-bond donors (Lipinski definition) is 0. The van der Waals surface area contributed by atoms with Gasteiger partial charge in [-0.1, -0.05) is 11.6 Å². The van der Waals surface area contributed by atoms with Crippen LogP contribution in [0.5, 0.6) is 0 Å². The van der Waals surface area contributed by atoms with E-state index in [1.54, 1.807) is 11.9 Å². The smallest absolute Gasteiger partial charge is 0.371 e. The number of likely N-dealkylation sites (N-methyl/N-ethyl adjacent to an activating group) is 2. The Morgan fingerprint density at radius 3 is 2.36 bits per heavy atom. The first-order valence-electron chi connectivity index (χ1n) is 7.28. The van der Waals surface area contributed by atoms with Crippen molar-refractivity contribution in [3.63, 3.8) is 0 Å². The summed E-state index contributed by atoms with van der Waals surface area (Å²) in [5.41, 5.74) is -1.12. The summed E-state index contributed by atoms with van der Waals surface area (Å²) in [6.45, 7) is 1.37. The Morgan fingerprint density at radius 1 is 1.16 bits per heavy atom. The van der Waals surface area contributed by atoms with Gasteiger partial charge < -0.3 is 9.80 Å². The number of rotatable bonds is 5. The van der Waals surface area contributed by atoms with E-state index < -0.39 is 17.3 Å². The lowest BCUT2D eigenvalue weighted by molar-refractivity contribution is -0.137. The number of pyridine rings is 1. The molecule has 0 saturated carbocycles. The van der Waals surface area contributed by atoms with Crippen molar-refractivity contribution >= 4 is 17.3 Å². The summed E-state index contributed by atoms with van der Waals surface area (Å²) in [7, 11) is 5.61. The van der Waals surface area contributed by atoms with Crippen LogP contribution in [0.15, 0.2) is 29.3 Å². The molecule has 0 spiro atoms. The molecule has 2 aromatic heterocycles. The molecule has 2 rings (SSSR count). The number of hydrogen-bond acceptors (Lipinski definition) is 5. The van der Waals surface area contributed by atoms with Gasteiger partial charge in [0.25, 0.3) is 5.56 Å². The van der Waals surface area contributed by atoms with Crippen LogP contribution in [0.1, 0.15) is 5.56 Å². The van der Waals surface area contributed by atoms with Crippen LogP contribution in [-0.4, -0.2) is 53.9 Å². The van der Waals surface area contributed by atoms with Crippen molar-refractivity contribution in [3.8, 4) is 5.82 Å². The second-order valence-corrected chi connectivity index (χ2v) is 6.07. The Hall–Kier alpha value is -2.13. The molecule has 0 fully saturated rings. The van der Waals surface area contributed by atoms with Crippen molar-refractivity contribution in [3.05, 3.63) is 45.5 Å². The van der Waals surface area contributed by atoms with Crippen LogP contribution in [0.3, 0.4) is 0 Å². The lowest BCUT2D eigenvalue weighted by Crippen LogP contribution is -2.31. The second-order valence-electron chi connectivity index (χ2n) is 5.69. The van der Waals surface area contributed by atoms with Crippen LogP contribution in [0.25, 0.3) is 5.82 Å². The van der Waals surface area contributed by atoms with Gasteiger partial charge in [-0.2, -0.15) is 23.0 Å². The predicted molar refractivity (Wildman–Crippen MR) is 89.5 cm³/mol. The Bertz CT molecular complexity index is 789. The van der Waals surface area contributed by atoms with Gasteiger partial charge in [-0.05, 0) is 26.2 Å². The monoisotopic (exact) mass is 375 g/mol. The molecular weight excluding hydrogens is 359 g/mol. The molecule has 0 N–H and O–H groups in total. The van der Waals surface area contributed by atoms with Crippen LogP contribution in [0.2, 0.25) is 5.02 Å². The first kappa shape index (κ1) is 19.2. The fourth-order valence-corrected chi connectivity index (χ4v) is 2.28. The molecule has 6 nitrogen and oxygen atoms in total. The Kier molecular flexibility index (Phi) is 5.69. The van der Waals surface area contributed by atoms with Crippen molar-refractivity contribution in [2.75, 3.05) is 39.1 Å². The van der Waals surface area contributed by atoms with Crippen LogP contribution < -0.4 is 10.5 Å². The first-order valence-corrected chi connectivity index (χ1v) is 7.66. The zero-order valence-corrected chi connectivity index (χ0v) is 14.6. The van der Waals surface area contributed by atoms with Crippen molar-refractivity contribution in [2.45, 2.75) is 6.18 Å². The van der Waals surface area contributed by atoms with Gasteiger partial charge in [-0.15, -0.1) is 0 Å². The van der Waals surface area contributed by atoms with Crippen LogP contribution >= 0.6 is 11.6 Å². The molecule has 0 unspecified atom stereocenters. The maximum atomic E-state index is 12.6. The summed E-state index contributed by atoms with van der Waals surface area (Å²) in [5.74, 6) is -0.0394. The maximum Gasteiger partial charge on any atom is 0.417 e. The number of anilines is 1. The Morgan fingerprint density at radius 2 is 1.84 bits per heavy atom. The molecule has 2 heterocycles. The fourth-order valence-electron chi connectivity index (χ4n) is 2.00. The molecule has 25 heavy (non-hydrogen) atoms. The van der Waals surface area contributed by atoms with E-state index in [-0.39, 0.29) is 10.8 Å². The fraction of sp³-hybridized carbons (Fsp3) is 0.400. The summed E-state index contributed by atoms with van der Waals surface area (Å²) in [6, 6.07) is 1.91. The highest BCUT2D eigenvalue weighted by atomic mass is 35.5. The Labute approximate surface area is 147 Å². The minimum atomic E-state index is -4.50. The van der Waals surface area contributed by atoms with E-state index in [0.29, 0.717) is 18.4 Å². The molecular formula is C15H17ClF3N5O. The van der Waals surface area contributed by atoms with Gasteiger partial charge in [-0.3, -0.25) is 4.79 Å². The van der Waals surface area contributed by atoms with E-state index >= 15 is 0 Å². The van der Waals surface area contributed by atoms with Gasteiger partial charge in [-0.25, -0.2) is 4.98 Å². The molecule has 0 aliphatic carbocycles. The molecule has 0 amide bonds. The standard InChI is InChI=1S/C15H17ClF3N5O/c1-22(2)6-7-23(3)11-9-21-24(14(25)13(11)16)12-5-4-10(8-20-12)15(17,18)19/h4-5,8-9H,6-7H2,1-3H3. The van der Waals surface area contributed by atoms with Crippen molar-refractivity contribution in [1.82, 2.24) is 19.7 Å². The van der Waals surface area contributed by atoms with Crippen LogP contribution in [0.4, 0.5) is 18.9 Å². The minimum Gasteiger partial charge on any atom is -0.371 e. The molecule has 0 atom stereocenters. The van der Waals surface area contributed by atoms with E-state index in [0.717, 1.165) is 23.4 Å². The summed E-state index contributed by atoms with van der Waals surface area (Å²) in [4.78, 5) is 19.8. The molecule has 0 saturated heterocycles. The van der Waals surface area contributed by atoms with E-state index in [1.165, 1.54) is 6.20 Å². The largest absolute Gasteiger partial charge is 0.417 e. The third-order valence-electron chi connectivity index (χ3n) is 3.49. The molecule has 10 heteroatoms. The highest BCUT2D eigenvalue weighted by molar-refractivity contribution is 6.33. The summed E-state index contributed by atoms with van der Waals surface area (Å²) < 4.78 is 38.6. The van der Waals surface area contributed by atoms with E-state index in [1.807, 2.05) is 19.0 Å². The van der Waals surface area contributed by atoms with Crippen LogP contribution in [-0.2, 0) is 6.18 Å². The van der Waals surface area contributed by atoms with Crippen molar-refractivity contribution in [1.29, 1.82) is 0 Å². The maximum absolute atomic E-state index is 12.6. The predicted octanol–water partition coefficient (Wildman–Crippen LogP) is 2.30. The highest BCUT2D eigenvalue weighted by Crippen LogP contribution is 2.28. The van der Waals surface area contributed by atoms with Gasteiger partial charge in [0, 0.05) is 26.3 Å². The zero-order valence-electron chi connectivity index (χ0n) is 13.9. The van der Waals surface area contributed by atoms with Crippen molar-refractivity contribution < 1.29 is 13.2 Å². The number of halogens is 4. The quantitative estimate of drug-likeness (QED) is 0.802. The number of aromatic nitrogens is 3. The van der Waals surface area contributed by atoms with E-state index in [2.05, 4.69) is 10.1 Å². The summed E-state index contributed by atoms with van der Waals surface area (Å²) >= 11 is 6.13. The first-order chi connectivity index (χ1) is 11.6. The van der Waals surface area contributed by atoms with Crippen molar-refractivity contribution in [2.24, 2.45) is 0 Å². The average molecular weight is 376 g/mol.